The van der Waals surface area contributed by atoms with Crippen LogP contribution in [0.4, 0.5) is 8.78 Å². The third-order valence-electron chi connectivity index (χ3n) is 4.73. The van der Waals surface area contributed by atoms with E-state index in [2.05, 4.69) is 25.5 Å². The number of guanidine groups is 1. The Hall–Kier alpha value is -2.18. The number of ether oxygens (including phenoxy) is 1. The molecule has 0 aliphatic carbocycles. The minimum atomic E-state index is -2.87. The molecule has 2 aromatic rings. The number of aryl methyl sites for hydroxylation is 2. The van der Waals surface area contributed by atoms with Gasteiger partial charge in [-0.3, -0.25) is 9.56 Å². The molecule has 1 aromatic carbocycles. The second-order valence-electron chi connectivity index (χ2n) is 6.72. The van der Waals surface area contributed by atoms with Crippen molar-refractivity contribution in [2.75, 3.05) is 13.6 Å². The summed E-state index contributed by atoms with van der Waals surface area (Å²) in [6.45, 7) is -0.724. The lowest BCUT2D eigenvalue weighted by Gasteiger charge is -2.14. The van der Waals surface area contributed by atoms with E-state index in [1.165, 1.54) is 10.7 Å². The van der Waals surface area contributed by atoms with E-state index in [1.54, 1.807) is 29.8 Å². The molecule has 166 valence electrons. The first-order valence-electron chi connectivity index (χ1n) is 9.72. The van der Waals surface area contributed by atoms with Gasteiger partial charge in [-0.2, -0.15) is 13.9 Å². The monoisotopic (exact) mass is 536 g/mol. The second-order valence-corrected chi connectivity index (χ2v) is 6.72. The fraction of sp³-hybridized carbons (Fsp3) is 0.526. The van der Waals surface area contributed by atoms with Gasteiger partial charge in [-0.1, -0.05) is 18.2 Å². The van der Waals surface area contributed by atoms with Crippen LogP contribution >= 0.6 is 24.0 Å². The molecular formula is C19H27F2IN6O2. The van der Waals surface area contributed by atoms with Crippen molar-refractivity contribution in [1.82, 2.24) is 25.0 Å². The number of hydrogen-bond donors (Lipinski definition) is 2. The first-order valence-corrected chi connectivity index (χ1v) is 9.72. The second kappa shape index (κ2) is 11.9. The van der Waals surface area contributed by atoms with Crippen molar-refractivity contribution in [1.29, 1.82) is 0 Å². The van der Waals surface area contributed by atoms with Crippen molar-refractivity contribution in [2.24, 2.45) is 4.99 Å². The Morgan fingerprint density at radius 3 is 2.83 bits per heavy atom. The van der Waals surface area contributed by atoms with Gasteiger partial charge in [0.2, 0.25) is 0 Å². The predicted octanol–water partition coefficient (Wildman–Crippen LogP) is 2.36. The van der Waals surface area contributed by atoms with Crippen LogP contribution in [0.25, 0.3) is 0 Å². The SMILES string of the molecule is CN=C(NCCCn1nc2n(c1=O)CCCC2)NCc1ccccc1OC(F)F.I. The Balaban J connectivity index is 0.00000320. The summed E-state index contributed by atoms with van der Waals surface area (Å²) in [4.78, 5) is 16.4. The maximum absolute atomic E-state index is 12.5. The molecule has 0 atom stereocenters. The van der Waals surface area contributed by atoms with Crippen LogP contribution in [0.15, 0.2) is 34.1 Å². The molecule has 0 bridgehead atoms. The number of benzene rings is 1. The van der Waals surface area contributed by atoms with Crippen molar-refractivity contribution in [2.45, 2.75) is 51.9 Å². The molecule has 11 heteroatoms. The van der Waals surface area contributed by atoms with E-state index < -0.39 is 6.61 Å². The number of rotatable bonds is 8. The normalized spacial score (nSPS) is 13.5. The summed E-state index contributed by atoms with van der Waals surface area (Å²) in [5.74, 6) is 1.54. The molecule has 0 radical (unpaired) electrons. The third-order valence-corrected chi connectivity index (χ3v) is 4.73. The standard InChI is InChI=1S/C19H26F2N6O2.HI/c1-22-18(24-13-14-7-2-3-8-15(14)29-17(20)21)23-10-6-12-27-19(28)26-11-5-4-9-16(26)25-27;/h2-3,7-8,17H,4-6,9-13H2,1H3,(H2,22,23,24);1H. The first kappa shape index (κ1) is 24.1. The minimum Gasteiger partial charge on any atom is -0.434 e. The molecule has 8 nitrogen and oxygen atoms in total. The highest BCUT2D eigenvalue weighted by Crippen LogP contribution is 2.19. The molecule has 1 aliphatic rings. The van der Waals surface area contributed by atoms with Gasteiger partial charge < -0.3 is 15.4 Å². The lowest BCUT2D eigenvalue weighted by Crippen LogP contribution is -2.38. The Morgan fingerprint density at radius 2 is 2.10 bits per heavy atom. The first-order chi connectivity index (χ1) is 14.1. The number of fused-ring (bicyclic) bond motifs is 1. The zero-order valence-electron chi connectivity index (χ0n) is 16.8. The highest BCUT2D eigenvalue weighted by Gasteiger charge is 2.16. The Kier molecular flexibility index (Phi) is 9.53. The topological polar surface area (TPSA) is 85.5 Å². The Labute approximate surface area is 190 Å². The predicted molar refractivity (Wildman–Crippen MR) is 121 cm³/mol. The molecule has 0 fully saturated rings. The molecule has 0 unspecified atom stereocenters. The molecular weight excluding hydrogens is 509 g/mol. The number of alkyl halides is 2. The van der Waals surface area contributed by atoms with Gasteiger partial charge in [-0.25, -0.2) is 9.48 Å². The van der Waals surface area contributed by atoms with Gasteiger partial charge >= 0.3 is 12.3 Å². The zero-order valence-corrected chi connectivity index (χ0v) is 19.1. The quantitative estimate of drug-likeness (QED) is 0.234. The number of aliphatic imine (C=N–C) groups is 1. The summed E-state index contributed by atoms with van der Waals surface area (Å²) in [7, 11) is 1.63. The van der Waals surface area contributed by atoms with Gasteiger partial charge in [-0.05, 0) is 25.3 Å². The highest BCUT2D eigenvalue weighted by molar-refractivity contribution is 14.0. The summed E-state index contributed by atoms with van der Waals surface area (Å²) >= 11 is 0. The highest BCUT2D eigenvalue weighted by atomic mass is 127. The van der Waals surface area contributed by atoms with Crippen LogP contribution in [-0.4, -0.2) is 40.5 Å². The Morgan fingerprint density at radius 1 is 1.30 bits per heavy atom. The van der Waals surface area contributed by atoms with Gasteiger partial charge in [0.15, 0.2) is 5.96 Å². The molecule has 1 aliphatic heterocycles. The largest absolute Gasteiger partial charge is 0.434 e. The number of para-hydroxylation sites is 1. The molecule has 30 heavy (non-hydrogen) atoms. The van der Waals surface area contributed by atoms with Crippen LogP contribution in [-0.2, 0) is 26.1 Å². The van der Waals surface area contributed by atoms with Gasteiger partial charge in [0.1, 0.15) is 11.6 Å². The number of hydrogen-bond acceptors (Lipinski definition) is 4. The molecule has 1 aromatic heterocycles. The van der Waals surface area contributed by atoms with Gasteiger partial charge in [0, 0.05) is 45.2 Å². The van der Waals surface area contributed by atoms with E-state index in [-0.39, 0.29) is 42.0 Å². The summed E-state index contributed by atoms with van der Waals surface area (Å²) < 4.78 is 32.8. The minimum absolute atomic E-state index is 0. The van der Waals surface area contributed by atoms with E-state index in [9.17, 15) is 13.6 Å². The number of aromatic nitrogens is 3. The lowest BCUT2D eigenvalue weighted by molar-refractivity contribution is -0.0504. The van der Waals surface area contributed by atoms with E-state index in [0.717, 1.165) is 31.6 Å². The summed E-state index contributed by atoms with van der Waals surface area (Å²) in [6, 6.07) is 6.62. The fourth-order valence-corrected chi connectivity index (χ4v) is 3.29. The summed E-state index contributed by atoms with van der Waals surface area (Å²) in [6.07, 6.45) is 3.65. The van der Waals surface area contributed by atoms with Crippen molar-refractivity contribution in [3.8, 4) is 5.75 Å². The average molecular weight is 536 g/mol. The van der Waals surface area contributed by atoms with Gasteiger partial charge in [-0.15, -0.1) is 24.0 Å². The van der Waals surface area contributed by atoms with E-state index >= 15 is 0 Å². The molecule has 0 saturated heterocycles. The molecule has 0 saturated carbocycles. The smallest absolute Gasteiger partial charge is 0.387 e. The van der Waals surface area contributed by atoms with Crippen LogP contribution < -0.4 is 21.1 Å². The van der Waals surface area contributed by atoms with Crippen molar-refractivity contribution >= 4 is 29.9 Å². The summed E-state index contributed by atoms with van der Waals surface area (Å²) in [5, 5.41) is 10.6. The van der Waals surface area contributed by atoms with Crippen LogP contribution in [0, 0.1) is 0 Å². The lowest BCUT2D eigenvalue weighted by atomic mass is 10.2. The average Bonchev–Trinajstić information content (AvgIpc) is 3.04. The van der Waals surface area contributed by atoms with Crippen molar-refractivity contribution in [3.05, 3.63) is 46.1 Å². The van der Waals surface area contributed by atoms with E-state index in [0.29, 0.717) is 31.0 Å². The van der Waals surface area contributed by atoms with Crippen LogP contribution in [0.2, 0.25) is 0 Å². The maximum Gasteiger partial charge on any atom is 0.387 e. The van der Waals surface area contributed by atoms with Crippen molar-refractivity contribution in [3.63, 3.8) is 0 Å². The van der Waals surface area contributed by atoms with Crippen molar-refractivity contribution < 1.29 is 13.5 Å². The molecule has 2 N–H and O–H groups in total. The number of nitrogens with zero attached hydrogens (tertiary/aromatic N) is 4. The van der Waals surface area contributed by atoms with Crippen LogP contribution in [0.3, 0.4) is 0 Å². The van der Waals surface area contributed by atoms with Crippen LogP contribution in [0.1, 0.15) is 30.7 Å². The fourth-order valence-electron chi connectivity index (χ4n) is 3.29. The number of halogens is 3. The third kappa shape index (κ3) is 6.41. The van der Waals surface area contributed by atoms with Gasteiger partial charge in [0.25, 0.3) is 0 Å². The Bertz CT molecular complexity index is 899. The number of nitrogens with one attached hydrogen (secondary N) is 2. The van der Waals surface area contributed by atoms with Crippen LogP contribution in [0.5, 0.6) is 5.75 Å². The molecule has 0 amide bonds. The van der Waals surface area contributed by atoms with E-state index in [4.69, 9.17) is 0 Å². The van der Waals surface area contributed by atoms with E-state index in [1.807, 2.05) is 0 Å². The molecule has 2 heterocycles. The summed E-state index contributed by atoms with van der Waals surface area (Å²) in [5.41, 5.74) is 0.559. The van der Waals surface area contributed by atoms with Gasteiger partial charge in [0.05, 0.1) is 0 Å². The maximum atomic E-state index is 12.5. The molecule has 3 rings (SSSR count). The zero-order chi connectivity index (χ0) is 20.6. The molecule has 0 spiro atoms.